The van der Waals surface area contributed by atoms with Gasteiger partial charge in [0.25, 0.3) is 0 Å². The molecular formula is C12H18OS. The minimum absolute atomic E-state index is 0. The Labute approximate surface area is 90.1 Å². The smallest absolute Gasteiger partial charge is 0.00458 e. The van der Waals surface area contributed by atoms with Gasteiger partial charge in [0.05, 0.1) is 0 Å². The van der Waals surface area contributed by atoms with Crippen molar-refractivity contribution in [3.8, 4) is 0 Å². The molecule has 0 spiro atoms. The molecule has 0 unspecified atom stereocenters. The van der Waals surface area contributed by atoms with Gasteiger partial charge < -0.3 is 5.48 Å². The van der Waals surface area contributed by atoms with Crippen LogP contribution in [-0.2, 0) is 0 Å². The van der Waals surface area contributed by atoms with E-state index < -0.39 is 0 Å². The third kappa shape index (κ3) is 3.13. The third-order valence-electron chi connectivity index (χ3n) is 2.46. The van der Waals surface area contributed by atoms with Gasteiger partial charge in [0.1, 0.15) is 0 Å². The first kappa shape index (κ1) is 13.1. The Balaban J connectivity index is 0.00000169. The molecule has 0 aliphatic carbocycles. The van der Waals surface area contributed by atoms with Crippen molar-refractivity contribution in [2.75, 3.05) is 0 Å². The van der Waals surface area contributed by atoms with E-state index in [2.05, 4.69) is 51.3 Å². The van der Waals surface area contributed by atoms with Crippen molar-refractivity contribution in [2.24, 2.45) is 0 Å². The normalized spacial score (nSPS) is 8.86. The molecule has 2 N–H and O–H groups in total. The van der Waals surface area contributed by atoms with Crippen LogP contribution >= 0.6 is 11.3 Å². The monoisotopic (exact) mass is 210 g/mol. The second-order valence-electron chi connectivity index (χ2n) is 3.29. The zero-order chi connectivity index (χ0) is 9.84. The molecule has 0 radical (unpaired) electrons. The highest BCUT2D eigenvalue weighted by Crippen LogP contribution is 2.15. The van der Waals surface area contributed by atoms with E-state index in [1.165, 1.54) is 21.6 Å². The summed E-state index contributed by atoms with van der Waals surface area (Å²) >= 11 is 1.79. The van der Waals surface area contributed by atoms with Crippen LogP contribution < -0.4 is 0 Å². The summed E-state index contributed by atoms with van der Waals surface area (Å²) in [6, 6.07) is 6.34. The minimum Gasteiger partial charge on any atom is -0.412 e. The van der Waals surface area contributed by atoms with Gasteiger partial charge in [-0.3, -0.25) is 0 Å². The Morgan fingerprint density at radius 2 is 1.57 bits per heavy atom. The van der Waals surface area contributed by atoms with Crippen LogP contribution in [0, 0.1) is 27.7 Å². The zero-order valence-corrected chi connectivity index (χ0v) is 10.0. The van der Waals surface area contributed by atoms with E-state index in [0.717, 1.165) is 0 Å². The maximum absolute atomic E-state index is 2.19. The fourth-order valence-electron chi connectivity index (χ4n) is 1.16. The Bertz CT molecular complexity index is 319. The van der Waals surface area contributed by atoms with Crippen LogP contribution in [0.5, 0.6) is 0 Å². The van der Waals surface area contributed by atoms with Gasteiger partial charge in [-0.15, -0.1) is 11.3 Å². The molecule has 0 aliphatic rings. The molecule has 0 aliphatic heterocycles. The highest BCUT2D eigenvalue weighted by molar-refractivity contribution is 7.09. The highest BCUT2D eigenvalue weighted by atomic mass is 32.1. The van der Waals surface area contributed by atoms with Crippen molar-refractivity contribution < 1.29 is 5.48 Å². The van der Waals surface area contributed by atoms with Gasteiger partial charge in [-0.05, 0) is 49.8 Å². The Morgan fingerprint density at radius 1 is 0.929 bits per heavy atom. The first-order valence-electron chi connectivity index (χ1n) is 4.48. The van der Waals surface area contributed by atoms with Gasteiger partial charge in [0.2, 0.25) is 0 Å². The number of hydrogen-bond acceptors (Lipinski definition) is 1. The van der Waals surface area contributed by atoms with Crippen molar-refractivity contribution in [3.05, 3.63) is 45.1 Å². The SMILES string of the molecule is Cc1ccccsc(C)c(C)c1C.O. The van der Waals surface area contributed by atoms with Crippen LogP contribution in [0.1, 0.15) is 21.6 Å². The summed E-state index contributed by atoms with van der Waals surface area (Å²) < 4.78 is 0. The van der Waals surface area contributed by atoms with Crippen LogP contribution in [0.15, 0.2) is 23.6 Å². The molecule has 0 atom stereocenters. The van der Waals surface area contributed by atoms with Crippen molar-refractivity contribution in [2.45, 2.75) is 27.7 Å². The standard InChI is InChI=1S/C12H16S.H2O/c1-9-7-5-6-8-13-12(4)11(3)10(9)2;/h5-8H,1-4H3;1H2. The van der Waals surface area contributed by atoms with Gasteiger partial charge >= 0.3 is 0 Å². The molecule has 1 heterocycles. The van der Waals surface area contributed by atoms with Crippen LogP contribution in [0.4, 0.5) is 0 Å². The lowest BCUT2D eigenvalue weighted by molar-refractivity contribution is 0.824. The van der Waals surface area contributed by atoms with Gasteiger partial charge in [0, 0.05) is 4.88 Å². The first-order chi connectivity index (χ1) is 6.13. The van der Waals surface area contributed by atoms with E-state index in [4.69, 9.17) is 0 Å². The second-order valence-corrected chi connectivity index (χ2v) is 4.41. The lowest BCUT2D eigenvalue weighted by Crippen LogP contribution is -1.82. The molecule has 78 valence electrons. The molecule has 0 fully saturated rings. The van der Waals surface area contributed by atoms with E-state index >= 15 is 0 Å². The molecule has 0 bridgehead atoms. The summed E-state index contributed by atoms with van der Waals surface area (Å²) in [6.07, 6.45) is 0. The average molecular weight is 210 g/mol. The summed E-state index contributed by atoms with van der Waals surface area (Å²) in [5, 5.41) is 2.13. The van der Waals surface area contributed by atoms with E-state index in [9.17, 15) is 0 Å². The molecule has 1 aromatic rings. The first-order valence-corrected chi connectivity index (χ1v) is 5.36. The second kappa shape index (κ2) is 5.78. The fraction of sp³-hybridized carbons (Fsp3) is 0.333. The molecule has 2 heteroatoms. The maximum Gasteiger partial charge on any atom is 0.00458 e. The van der Waals surface area contributed by atoms with Gasteiger partial charge in [-0.2, -0.15) is 0 Å². The lowest BCUT2D eigenvalue weighted by atomic mass is 10.1. The summed E-state index contributed by atoms with van der Waals surface area (Å²) in [7, 11) is 0. The molecule has 1 rings (SSSR count). The van der Waals surface area contributed by atoms with Crippen molar-refractivity contribution >= 4 is 11.3 Å². The van der Waals surface area contributed by atoms with Crippen LogP contribution in [0.25, 0.3) is 0 Å². The van der Waals surface area contributed by atoms with E-state index in [1.54, 1.807) is 11.3 Å². The largest absolute Gasteiger partial charge is 0.412 e. The highest BCUT2D eigenvalue weighted by Gasteiger charge is 1.95. The topological polar surface area (TPSA) is 31.5 Å². The zero-order valence-electron chi connectivity index (χ0n) is 9.22. The van der Waals surface area contributed by atoms with Crippen LogP contribution in [0.2, 0.25) is 0 Å². The predicted molar refractivity (Wildman–Crippen MR) is 64.5 cm³/mol. The number of hydrogen-bond donors (Lipinski definition) is 0. The van der Waals surface area contributed by atoms with Gasteiger partial charge in [-0.1, -0.05) is 18.2 Å². The summed E-state index contributed by atoms with van der Waals surface area (Å²) in [6.45, 7) is 8.71. The van der Waals surface area contributed by atoms with Crippen molar-refractivity contribution in [3.63, 3.8) is 0 Å². The summed E-state index contributed by atoms with van der Waals surface area (Å²) in [5.41, 5.74) is 4.15. The Kier molecular flexibility index (Phi) is 5.43. The van der Waals surface area contributed by atoms with Crippen molar-refractivity contribution in [1.29, 1.82) is 0 Å². The Morgan fingerprint density at radius 3 is 2.21 bits per heavy atom. The van der Waals surface area contributed by atoms with Gasteiger partial charge in [-0.25, -0.2) is 0 Å². The number of rotatable bonds is 0. The molecule has 0 aromatic carbocycles. The molecule has 0 amide bonds. The molecule has 1 aromatic heterocycles. The van der Waals surface area contributed by atoms with E-state index in [1.807, 2.05) is 0 Å². The summed E-state index contributed by atoms with van der Waals surface area (Å²) in [4.78, 5) is 1.39. The molecule has 14 heavy (non-hydrogen) atoms. The van der Waals surface area contributed by atoms with Crippen molar-refractivity contribution in [1.82, 2.24) is 0 Å². The maximum atomic E-state index is 2.19. The molecule has 0 saturated heterocycles. The fourth-order valence-corrected chi connectivity index (χ4v) is 1.86. The van der Waals surface area contributed by atoms with E-state index in [0.29, 0.717) is 0 Å². The quantitative estimate of drug-likeness (QED) is 0.629. The Hall–Kier alpha value is -0.860. The van der Waals surface area contributed by atoms with Gasteiger partial charge in [0.15, 0.2) is 0 Å². The number of aryl methyl sites for hydroxylation is 2. The molecule has 1 nitrogen and oxygen atoms in total. The van der Waals surface area contributed by atoms with E-state index in [-0.39, 0.29) is 5.48 Å². The molecule has 0 saturated carbocycles. The lowest BCUT2D eigenvalue weighted by Gasteiger charge is -2.00. The minimum atomic E-state index is 0. The predicted octanol–water partition coefficient (Wildman–Crippen LogP) is 3.28. The average Bonchev–Trinajstić information content (AvgIpc) is 2.16. The van der Waals surface area contributed by atoms with Crippen LogP contribution in [-0.4, -0.2) is 5.48 Å². The third-order valence-corrected chi connectivity index (χ3v) is 3.42. The molecular weight excluding hydrogens is 192 g/mol. The summed E-state index contributed by atoms with van der Waals surface area (Å²) in [5.74, 6) is 0. The van der Waals surface area contributed by atoms with Crippen LogP contribution in [0.3, 0.4) is 0 Å².